The Hall–Kier alpha value is -1.87. The largest absolute Gasteiger partial charge is 0.481 e. The third-order valence-corrected chi connectivity index (χ3v) is 4.91. The van der Waals surface area contributed by atoms with Gasteiger partial charge in [-0.15, -0.1) is 0 Å². The Bertz CT molecular complexity index is 695. The van der Waals surface area contributed by atoms with Gasteiger partial charge in [0.25, 0.3) is 5.91 Å². The van der Waals surface area contributed by atoms with E-state index in [9.17, 15) is 57.9 Å². The highest BCUT2D eigenvalue weighted by Crippen LogP contribution is 2.69. The Morgan fingerprint density at radius 2 is 1.13 bits per heavy atom. The molecule has 1 amide bonds. The Morgan fingerprint density at radius 3 is 1.52 bits per heavy atom. The van der Waals surface area contributed by atoms with Crippen molar-refractivity contribution in [3.05, 3.63) is 0 Å². The van der Waals surface area contributed by atoms with Crippen LogP contribution in [0.1, 0.15) is 12.8 Å². The minimum atomic E-state index is -7.38. The lowest BCUT2D eigenvalue weighted by Gasteiger charge is -2.51. The van der Waals surface area contributed by atoms with Gasteiger partial charge in [0.1, 0.15) is 0 Å². The molecule has 0 aromatic heterocycles. The van der Waals surface area contributed by atoms with E-state index in [-0.39, 0.29) is 30.4 Å². The number of amides is 1. The van der Waals surface area contributed by atoms with E-state index in [2.05, 4.69) is 0 Å². The van der Waals surface area contributed by atoms with Gasteiger partial charge >= 0.3 is 41.3 Å². The van der Waals surface area contributed by atoms with E-state index in [0.717, 1.165) is 5.32 Å². The minimum Gasteiger partial charge on any atom is -0.481 e. The van der Waals surface area contributed by atoms with E-state index in [4.69, 9.17) is 5.11 Å². The lowest BCUT2D eigenvalue weighted by atomic mass is 9.71. The van der Waals surface area contributed by atoms with Crippen molar-refractivity contribution in [1.82, 2.24) is 5.32 Å². The van der Waals surface area contributed by atoms with Gasteiger partial charge in [-0.2, -0.15) is 43.9 Å². The predicted molar refractivity (Wildman–Crippen MR) is 80.3 cm³/mol. The first kappa shape index (κ1) is 27.2. The van der Waals surface area contributed by atoms with Gasteiger partial charge in [0.15, 0.2) is 0 Å². The quantitative estimate of drug-likeness (QED) is 0.317. The van der Waals surface area contributed by atoms with Gasteiger partial charge in [-0.05, 0) is 0 Å². The van der Waals surface area contributed by atoms with E-state index >= 15 is 0 Å². The van der Waals surface area contributed by atoms with Gasteiger partial charge in [0, 0.05) is 13.0 Å². The van der Waals surface area contributed by atoms with E-state index in [1.807, 2.05) is 0 Å². The zero-order valence-electron chi connectivity index (χ0n) is 15.9. The van der Waals surface area contributed by atoms with Crippen molar-refractivity contribution in [3.63, 3.8) is 0 Å². The number of hydrogen-bond donors (Lipinski definition) is 2. The SMILES string of the molecule is C[N+](C)(CCCNC(=O)C1(F)C(F)(F)C(F)(F)C(F)(F)C(F)(F)C1(F)F)CCC(=O)O. The second kappa shape index (κ2) is 7.62. The number of nitrogens with zero attached hydrogens (tertiary/aromatic N) is 1. The monoisotopic (exact) mass is 483 g/mol. The van der Waals surface area contributed by atoms with Crippen LogP contribution in [0.25, 0.3) is 0 Å². The fourth-order valence-corrected chi connectivity index (χ4v) is 2.85. The van der Waals surface area contributed by atoms with Crippen molar-refractivity contribution in [3.8, 4) is 0 Å². The zero-order chi connectivity index (χ0) is 24.9. The zero-order valence-corrected chi connectivity index (χ0v) is 15.9. The topological polar surface area (TPSA) is 66.4 Å². The smallest absolute Gasteiger partial charge is 0.384 e. The number of aliphatic carboxylic acids is 1. The lowest BCUT2D eigenvalue weighted by molar-refractivity contribution is -0.889. The Kier molecular flexibility index (Phi) is 6.68. The van der Waals surface area contributed by atoms with E-state index in [1.54, 1.807) is 0 Å². The maximum Gasteiger partial charge on any atom is 0.384 e. The van der Waals surface area contributed by atoms with E-state index in [0.29, 0.717) is 0 Å². The molecule has 0 radical (unpaired) electrons. The summed E-state index contributed by atoms with van der Waals surface area (Å²) in [7, 11) is 2.90. The van der Waals surface area contributed by atoms with Crippen LogP contribution in [0.4, 0.5) is 48.3 Å². The summed E-state index contributed by atoms with van der Waals surface area (Å²) in [4.78, 5) is 22.2. The molecule has 0 spiro atoms. The summed E-state index contributed by atoms with van der Waals surface area (Å²) in [6.45, 7) is -1.05. The molecule has 0 heterocycles. The molecule has 1 fully saturated rings. The van der Waals surface area contributed by atoms with Crippen LogP contribution < -0.4 is 5.32 Å². The molecule has 0 aromatic rings. The van der Waals surface area contributed by atoms with E-state index < -0.39 is 53.7 Å². The molecular weight excluding hydrogens is 465 g/mol. The summed E-state index contributed by atoms with van der Waals surface area (Å²) < 4.78 is 149. The molecule has 0 bridgehead atoms. The first-order chi connectivity index (χ1) is 13.5. The summed E-state index contributed by atoms with van der Waals surface area (Å²) in [5.41, 5.74) is -6.71. The van der Waals surface area contributed by atoms with Gasteiger partial charge in [0.05, 0.1) is 33.6 Å². The average Bonchev–Trinajstić information content (AvgIpc) is 2.61. The molecule has 0 saturated heterocycles. The number of hydrogen-bond acceptors (Lipinski definition) is 2. The molecular formula is C15H18F11N2O3+. The lowest BCUT2D eigenvalue weighted by Crippen LogP contribution is -2.86. The highest BCUT2D eigenvalue weighted by molar-refractivity contribution is 5.88. The van der Waals surface area contributed by atoms with Crippen LogP contribution in [0, 0.1) is 0 Å². The van der Waals surface area contributed by atoms with Crippen LogP contribution in [-0.4, -0.2) is 90.5 Å². The fourth-order valence-electron chi connectivity index (χ4n) is 2.85. The Morgan fingerprint density at radius 1 is 0.742 bits per heavy atom. The van der Waals surface area contributed by atoms with E-state index in [1.165, 1.54) is 14.1 Å². The third-order valence-electron chi connectivity index (χ3n) is 4.91. The molecule has 2 N–H and O–H groups in total. The summed E-state index contributed by atoms with van der Waals surface area (Å²) in [6, 6.07) is 0. The van der Waals surface area contributed by atoms with Gasteiger partial charge in [-0.25, -0.2) is 4.39 Å². The van der Waals surface area contributed by atoms with Crippen molar-refractivity contribution >= 4 is 11.9 Å². The molecule has 5 nitrogen and oxygen atoms in total. The molecule has 31 heavy (non-hydrogen) atoms. The second-order valence-corrected chi connectivity index (χ2v) is 7.67. The average molecular weight is 483 g/mol. The normalized spacial score (nSPS) is 24.9. The maximum atomic E-state index is 14.5. The summed E-state index contributed by atoms with van der Waals surface area (Å²) >= 11 is 0. The van der Waals surface area contributed by atoms with Gasteiger partial charge < -0.3 is 14.9 Å². The molecule has 182 valence electrons. The number of alkyl halides is 11. The summed E-state index contributed by atoms with van der Waals surface area (Å²) in [5, 5.41) is 9.62. The first-order valence-electron chi connectivity index (χ1n) is 8.44. The van der Waals surface area contributed by atoms with Crippen LogP contribution >= 0.6 is 0 Å². The predicted octanol–water partition coefficient (Wildman–Crippen LogP) is 2.94. The van der Waals surface area contributed by atoms with Crippen LogP contribution in [-0.2, 0) is 9.59 Å². The summed E-state index contributed by atoms with van der Waals surface area (Å²) in [5.74, 6) is -41.0. The highest BCUT2D eigenvalue weighted by Gasteiger charge is 3.02. The second-order valence-electron chi connectivity index (χ2n) is 7.67. The molecule has 1 saturated carbocycles. The third kappa shape index (κ3) is 3.69. The molecule has 16 heteroatoms. The molecule has 0 aromatic carbocycles. The highest BCUT2D eigenvalue weighted by atomic mass is 19.4. The molecule has 1 aliphatic carbocycles. The number of carboxylic acid groups (broad SMARTS) is 1. The van der Waals surface area contributed by atoms with Crippen LogP contribution in [0.5, 0.6) is 0 Å². The Labute approximate surface area is 167 Å². The van der Waals surface area contributed by atoms with Crippen LogP contribution in [0.15, 0.2) is 0 Å². The van der Waals surface area contributed by atoms with Crippen molar-refractivity contribution in [2.75, 3.05) is 33.7 Å². The number of carbonyl (C=O) groups excluding carboxylic acids is 1. The maximum absolute atomic E-state index is 14.5. The molecule has 0 aliphatic heterocycles. The van der Waals surface area contributed by atoms with Crippen molar-refractivity contribution in [2.45, 2.75) is 48.1 Å². The van der Waals surface area contributed by atoms with Crippen LogP contribution in [0.3, 0.4) is 0 Å². The van der Waals surface area contributed by atoms with Gasteiger partial charge in [0.2, 0.25) is 0 Å². The molecule has 1 aliphatic rings. The summed E-state index contributed by atoms with van der Waals surface area (Å²) in [6.07, 6.45) is -0.682. The number of nitrogens with one attached hydrogen (secondary N) is 1. The number of carboxylic acids is 1. The first-order valence-corrected chi connectivity index (χ1v) is 8.44. The number of quaternary nitrogens is 1. The Balaban J connectivity index is 3.10. The van der Waals surface area contributed by atoms with Crippen molar-refractivity contribution < 1.29 is 67.5 Å². The molecule has 1 rings (SSSR count). The minimum absolute atomic E-state index is 0.00000179. The molecule has 0 unspecified atom stereocenters. The van der Waals surface area contributed by atoms with Crippen LogP contribution in [0.2, 0.25) is 0 Å². The van der Waals surface area contributed by atoms with Gasteiger partial charge in [-0.3, -0.25) is 9.59 Å². The number of halogens is 11. The van der Waals surface area contributed by atoms with Crippen molar-refractivity contribution in [1.29, 1.82) is 0 Å². The van der Waals surface area contributed by atoms with Crippen molar-refractivity contribution in [2.24, 2.45) is 0 Å². The number of carbonyl (C=O) groups is 2. The van der Waals surface area contributed by atoms with Gasteiger partial charge in [-0.1, -0.05) is 0 Å². The molecule has 0 atom stereocenters. The number of rotatable bonds is 8. The standard InChI is InChI=1S/C15H17F11N2O3/c1-28(2,7-4-8(29)30)6-3-5-27-9(31)10(16)11(17,18)13(21,22)15(25,26)14(23,24)12(10,19)20/h3-7H2,1-2H3,(H-,27,29,30,31)/p+1. The fraction of sp³-hybridized carbons (Fsp3) is 0.867.